The fraction of sp³-hybridized carbons (Fsp3) is 0.615. The van der Waals surface area contributed by atoms with Crippen LogP contribution in [0.15, 0.2) is 12.4 Å². The Morgan fingerprint density at radius 3 is 2.71 bits per heavy atom. The maximum Gasteiger partial charge on any atom is 0.241 e. The van der Waals surface area contributed by atoms with Crippen LogP contribution < -0.4 is 16.4 Å². The van der Waals surface area contributed by atoms with Gasteiger partial charge in [-0.3, -0.25) is 19.2 Å². The molecule has 1 aliphatic rings. The average Bonchev–Trinajstić information content (AvgIpc) is 2.88. The number of nitrogens with zero attached hydrogens (tertiary/aromatic N) is 3. The number of hydrogen-bond donors (Lipinski definition) is 3. The second-order valence-corrected chi connectivity index (χ2v) is 5.26. The number of hydrogen-bond acceptors (Lipinski definition) is 5. The van der Waals surface area contributed by atoms with Crippen molar-refractivity contribution in [2.75, 3.05) is 32.0 Å². The smallest absolute Gasteiger partial charge is 0.241 e. The van der Waals surface area contributed by atoms with Crippen LogP contribution in [-0.2, 0) is 16.1 Å². The van der Waals surface area contributed by atoms with Crippen LogP contribution in [0.4, 0.5) is 5.69 Å². The molecule has 0 saturated carbocycles. The number of nitrogens with one attached hydrogen (secondary N) is 2. The van der Waals surface area contributed by atoms with Gasteiger partial charge in [-0.1, -0.05) is 0 Å². The molecule has 1 aliphatic heterocycles. The van der Waals surface area contributed by atoms with E-state index in [2.05, 4.69) is 20.6 Å². The van der Waals surface area contributed by atoms with E-state index in [1.54, 1.807) is 13.2 Å². The normalized spacial score (nSPS) is 16.7. The Morgan fingerprint density at radius 2 is 2.05 bits per heavy atom. The van der Waals surface area contributed by atoms with E-state index in [1.807, 2.05) is 0 Å². The van der Waals surface area contributed by atoms with Crippen molar-refractivity contribution in [3.63, 3.8) is 0 Å². The van der Waals surface area contributed by atoms with Crippen molar-refractivity contribution in [3.05, 3.63) is 12.4 Å². The lowest BCUT2D eigenvalue weighted by Crippen LogP contribution is -2.43. The number of aromatic nitrogens is 2. The van der Waals surface area contributed by atoms with Crippen molar-refractivity contribution in [2.24, 2.45) is 5.73 Å². The molecule has 0 bridgehead atoms. The van der Waals surface area contributed by atoms with Gasteiger partial charge in [-0.15, -0.1) is 0 Å². The van der Waals surface area contributed by atoms with E-state index in [4.69, 9.17) is 5.73 Å². The number of rotatable bonds is 5. The predicted molar refractivity (Wildman–Crippen MR) is 78.6 cm³/mol. The molecule has 2 rings (SSSR count). The largest absolute Gasteiger partial charge is 0.358 e. The number of amides is 2. The van der Waals surface area contributed by atoms with E-state index in [9.17, 15) is 9.59 Å². The van der Waals surface area contributed by atoms with E-state index < -0.39 is 0 Å². The summed E-state index contributed by atoms with van der Waals surface area (Å²) in [5.74, 6) is -0.217. The fourth-order valence-corrected chi connectivity index (χ4v) is 2.26. The summed E-state index contributed by atoms with van der Waals surface area (Å²) in [5, 5.41) is 9.33. The van der Waals surface area contributed by atoms with Crippen molar-refractivity contribution in [2.45, 2.75) is 25.4 Å². The third-order valence-corrected chi connectivity index (χ3v) is 3.50. The molecule has 116 valence electrons. The highest BCUT2D eigenvalue weighted by molar-refractivity contribution is 5.92. The van der Waals surface area contributed by atoms with E-state index in [0.29, 0.717) is 12.2 Å². The minimum absolute atomic E-state index is 0.0787. The van der Waals surface area contributed by atoms with Crippen LogP contribution in [0.2, 0.25) is 0 Å². The summed E-state index contributed by atoms with van der Waals surface area (Å²) in [7, 11) is 1.57. The zero-order valence-electron chi connectivity index (χ0n) is 12.2. The highest BCUT2D eigenvalue weighted by atomic mass is 16.2. The molecule has 21 heavy (non-hydrogen) atoms. The molecule has 4 N–H and O–H groups in total. The van der Waals surface area contributed by atoms with Gasteiger partial charge in [-0.05, 0) is 12.8 Å². The lowest BCUT2D eigenvalue weighted by atomic mass is 10.1. The average molecular weight is 294 g/mol. The first-order valence-electron chi connectivity index (χ1n) is 7.07. The Kier molecular flexibility index (Phi) is 5.29. The number of likely N-dealkylation sites (tertiary alicyclic amines) is 1. The van der Waals surface area contributed by atoms with Gasteiger partial charge >= 0.3 is 0 Å². The van der Waals surface area contributed by atoms with Gasteiger partial charge < -0.3 is 16.4 Å². The van der Waals surface area contributed by atoms with E-state index in [-0.39, 0.29) is 24.4 Å². The molecule has 1 aromatic heterocycles. The minimum atomic E-state index is -0.138. The summed E-state index contributed by atoms with van der Waals surface area (Å²) in [6.07, 6.45) is 5.03. The zero-order chi connectivity index (χ0) is 15.2. The van der Waals surface area contributed by atoms with Gasteiger partial charge in [-0.2, -0.15) is 5.10 Å². The van der Waals surface area contributed by atoms with Gasteiger partial charge in [0, 0.05) is 32.4 Å². The summed E-state index contributed by atoms with van der Waals surface area (Å²) >= 11 is 0. The van der Waals surface area contributed by atoms with E-state index in [1.165, 1.54) is 10.9 Å². The number of nitrogens with two attached hydrogens (primary N) is 1. The Balaban J connectivity index is 1.78. The first-order chi connectivity index (χ1) is 10.1. The standard InChI is InChI=1S/C13H22N6O2/c1-15-12(20)9-19-7-11(6-16-19)17-13(21)8-18-4-2-10(14)3-5-18/h6-7,10H,2-5,8-9,14H2,1H3,(H,15,20)(H,17,21). The zero-order valence-corrected chi connectivity index (χ0v) is 12.2. The highest BCUT2D eigenvalue weighted by Crippen LogP contribution is 2.09. The monoisotopic (exact) mass is 294 g/mol. The topological polar surface area (TPSA) is 105 Å². The fourth-order valence-electron chi connectivity index (χ4n) is 2.26. The molecule has 1 fully saturated rings. The van der Waals surface area contributed by atoms with Gasteiger partial charge in [0.1, 0.15) is 6.54 Å². The van der Waals surface area contributed by atoms with Crippen molar-refractivity contribution >= 4 is 17.5 Å². The first-order valence-corrected chi connectivity index (χ1v) is 7.07. The number of likely N-dealkylation sites (N-methyl/N-ethyl adjacent to an activating group) is 1. The molecule has 0 unspecified atom stereocenters. The molecule has 2 heterocycles. The SMILES string of the molecule is CNC(=O)Cn1cc(NC(=O)CN2CCC(N)CC2)cn1. The third kappa shape index (κ3) is 4.83. The second kappa shape index (κ2) is 7.19. The maximum atomic E-state index is 11.9. The molecule has 1 saturated heterocycles. The number of anilines is 1. The molecular weight excluding hydrogens is 272 g/mol. The molecule has 0 atom stereocenters. The van der Waals surface area contributed by atoms with Crippen LogP contribution in [0.3, 0.4) is 0 Å². The molecule has 1 aromatic rings. The Bertz CT molecular complexity index is 493. The number of piperidine rings is 1. The van der Waals surface area contributed by atoms with Crippen molar-refractivity contribution in [1.82, 2.24) is 20.0 Å². The molecular formula is C13H22N6O2. The van der Waals surface area contributed by atoms with Crippen LogP contribution in [0, 0.1) is 0 Å². The van der Waals surface area contributed by atoms with Crippen LogP contribution in [0.1, 0.15) is 12.8 Å². The van der Waals surface area contributed by atoms with Gasteiger partial charge in [0.2, 0.25) is 11.8 Å². The van der Waals surface area contributed by atoms with Crippen LogP contribution in [0.5, 0.6) is 0 Å². The molecule has 0 spiro atoms. The third-order valence-electron chi connectivity index (χ3n) is 3.50. The summed E-state index contributed by atoms with van der Waals surface area (Å²) in [4.78, 5) is 25.3. The lowest BCUT2D eigenvalue weighted by Gasteiger charge is -2.29. The van der Waals surface area contributed by atoms with Crippen LogP contribution >= 0.6 is 0 Å². The quantitative estimate of drug-likeness (QED) is 0.645. The number of carbonyl (C=O) groups is 2. The molecule has 0 radical (unpaired) electrons. The Labute approximate surface area is 123 Å². The van der Waals surface area contributed by atoms with Crippen molar-refractivity contribution in [1.29, 1.82) is 0 Å². The van der Waals surface area contributed by atoms with Crippen LogP contribution in [0.25, 0.3) is 0 Å². The molecule has 0 aliphatic carbocycles. The van der Waals surface area contributed by atoms with Gasteiger partial charge in [0.05, 0.1) is 18.4 Å². The van der Waals surface area contributed by atoms with Gasteiger partial charge in [0.15, 0.2) is 0 Å². The van der Waals surface area contributed by atoms with Crippen molar-refractivity contribution < 1.29 is 9.59 Å². The van der Waals surface area contributed by atoms with Crippen molar-refractivity contribution in [3.8, 4) is 0 Å². The van der Waals surface area contributed by atoms with Crippen LogP contribution in [-0.4, -0.2) is 59.2 Å². The molecule has 2 amide bonds. The minimum Gasteiger partial charge on any atom is -0.358 e. The summed E-state index contributed by atoms with van der Waals surface area (Å²) in [5.41, 5.74) is 6.43. The lowest BCUT2D eigenvalue weighted by molar-refractivity contribution is -0.121. The summed E-state index contributed by atoms with van der Waals surface area (Å²) < 4.78 is 1.48. The predicted octanol–water partition coefficient (Wildman–Crippen LogP) is -1.01. The van der Waals surface area contributed by atoms with Gasteiger partial charge in [-0.25, -0.2) is 0 Å². The summed E-state index contributed by atoms with van der Waals surface area (Å²) in [6.45, 7) is 2.19. The van der Waals surface area contributed by atoms with E-state index >= 15 is 0 Å². The summed E-state index contributed by atoms with van der Waals surface area (Å²) in [6, 6.07) is 0.257. The molecule has 0 aromatic carbocycles. The number of carbonyl (C=O) groups excluding carboxylic acids is 2. The second-order valence-electron chi connectivity index (χ2n) is 5.26. The first kappa shape index (κ1) is 15.5. The highest BCUT2D eigenvalue weighted by Gasteiger charge is 2.18. The molecule has 8 heteroatoms. The Morgan fingerprint density at radius 1 is 1.33 bits per heavy atom. The Hall–Kier alpha value is -1.93. The van der Waals surface area contributed by atoms with Gasteiger partial charge in [0.25, 0.3) is 0 Å². The molecule has 8 nitrogen and oxygen atoms in total. The maximum absolute atomic E-state index is 11.9. The van der Waals surface area contributed by atoms with E-state index in [0.717, 1.165) is 25.9 Å².